The van der Waals surface area contributed by atoms with E-state index in [9.17, 15) is 14.4 Å². The zero-order chi connectivity index (χ0) is 10.7. The minimum Gasteiger partial charge on any atom is -0.481 e. The molecule has 72 valence electrons. The Balaban J connectivity index is 2.81. The first-order valence-electron chi connectivity index (χ1n) is 3.79. The Morgan fingerprint density at radius 3 is 2.36 bits per heavy atom. The van der Waals surface area contributed by atoms with Gasteiger partial charge in [0, 0.05) is 12.2 Å². The lowest BCUT2D eigenvalue weighted by atomic mass is 10.2. The summed E-state index contributed by atoms with van der Waals surface area (Å²) in [6.07, 6.45) is 6.73. The summed E-state index contributed by atoms with van der Waals surface area (Å²) in [7, 11) is 0. The predicted molar refractivity (Wildman–Crippen MR) is 45.9 cm³/mol. The van der Waals surface area contributed by atoms with E-state index >= 15 is 0 Å². The van der Waals surface area contributed by atoms with Crippen molar-refractivity contribution in [3.8, 4) is 12.3 Å². The Bertz CT molecular complexity index is 345. The van der Waals surface area contributed by atoms with Gasteiger partial charge in [0.1, 0.15) is 6.04 Å². The number of carboxylic acids is 1. The summed E-state index contributed by atoms with van der Waals surface area (Å²) in [6, 6.07) is -1.01. The van der Waals surface area contributed by atoms with E-state index in [-0.39, 0.29) is 0 Å². The minimum atomic E-state index is -1.15. The lowest BCUT2D eigenvalue weighted by Crippen LogP contribution is -2.40. The highest BCUT2D eigenvalue weighted by Crippen LogP contribution is 2.11. The molecule has 1 rings (SSSR count). The van der Waals surface area contributed by atoms with Crippen LogP contribution in [0.3, 0.4) is 0 Å². The molecule has 1 atom stereocenters. The summed E-state index contributed by atoms with van der Waals surface area (Å²) in [5.74, 6) is -0.193. The molecular formula is C9H7NO4. The van der Waals surface area contributed by atoms with Crippen molar-refractivity contribution >= 4 is 17.8 Å². The SMILES string of the molecule is C#C[C@@H](CC(=O)O)N1C(=O)C=CC1=O. The highest BCUT2D eigenvalue weighted by molar-refractivity contribution is 6.13. The number of carbonyl (C=O) groups excluding carboxylic acids is 2. The molecule has 0 aromatic carbocycles. The monoisotopic (exact) mass is 193 g/mol. The Labute approximate surface area is 80.0 Å². The molecule has 5 heteroatoms. The maximum atomic E-state index is 11.1. The van der Waals surface area contributed by atoms with Gasteiger partial charge in [0.05, 0.1) is 6.42 Å². The molecule has 0 saturated carbocycles. The fraction of sp³-hybridized carbons (Fsp3) is 0.222. The number of rotatable bonds is 3. The maximum absolute atomic E-state index is 11.1. The van der Waals surface area contributed by atoms with Crippen LogP contribution in [0.2, 0.25) is 0 Å². The van der Waals surface area contributed by atoms with Crippen LogP contribution in [-0.4, -0.2) is 33.8 Å². The second-order valence-electron chi connectivity index (χ2n) is 2.66. The zero-order valence-corrected chi connectivity index (χ0v) is 7.14. The molecule has 0 bridgehead atoms. The zero-order valence-electron chi connectivity index (χ0n) is 7.14. The van der Waals surface area contributed by atoms with Gasteiger partial charge in [0.25, 0.3) is 11.8 Å². The van der Waals surface area contributed by atoms with Gasteiger partial charge in [0.15, 0.2) is 0 Å². The van der Waals surface area contributed by atoms with Crippen molar-refractivity contribution in [3.63, 3.8) is 0 Å². The number of carboxylic acid groups (broad SMARTS) is 1. The number of aliphatic carboxylic acids is 1. The number of terminal acetylenes is 1. The van der Waals surface area contributed by atoms with Crippen LogP contribution < -0.4 is 0 Å². The minimum absolute atomic E-state index is 0.435. The van der Waals surface area contributed by atoms with E-state index in [2.05, 4.69) is 5.92 Å². The van der Waals surface area contributed by atoms with Crippen LogP contribution in [0.4, 0.5) is 0 Å². The van der Waals surface area contributed by atoms with Gasteiger partial charge in [-0.25, -0.2) is 0 Å². The fourth-order valence-electron chi connectivity index (χ4n) is 1.11. The van der Waals surface area contributed by atoms with E-state index in [1.54, 1.807) is 0 Å². The van der Waals surface area contributed by atoms with Gasteiger partial charge in [-0.2, -0.15) is 0 Å². The molecule has 0 saturated heterocycles. The first kappa shape index (κ1) is 9.99. The second-order valence-corrected chi connectivity index (χ2v) is 2.66. The highest BCUT2D eigenvalue weighted by Gasteiger charge is 2.31. The van der Waals surface area contributed by atoms with Crippen molar-refractivity contribution in [2.75, 3.05) is 0 Å². The Hall–Kier alpha value is -2.09. The number of hydrogen-bond donors (Lipinski definition) is 1. The van der Waals surface area contributed by atoms with Crippen molar-refractivity contribution in [2.45, 2.75) is 12.5 Å². The molecule has 14 heavy (non-hydrogen) atoms. The number of nitrogens with zero attached hydrogens (tertiary/aromatic N) is 1. The summed E-state index contributed by atoms with van der Waals surface area (Å²) >= 11 is 0. The third-order valence-electron chi connectivity index (χ3n) is 1.72. The predicted octanol–water partition coefficient (Wildman–Crippen LogP) is -0.612. The molecule has 0 unspecified atom stereocenters. The topological polar surface area (TPSA) is 74.7 Å². The van der Waals surface area contributed by atoms with Crippen molar-refractivity contribution in [3.05, 3.63) is 12.2 Å². The van der Waals surface area contributed by atoms with Crippen molar-refractivity contribution in [2.24, 2.45) is 0 Å². The van der Waals surface area contributed by atoms with Crippen LogP contribution >= 0.6 is 0 Å². The summed E-state index contributed by atoms with van der Waals surface area (Å²) in [5, 5.41) is 8.48. The molecule has 1 heterocycles. The summed E-state index contributed by atoms with van der Waals surface area (Å²) in [5.41, 5.74) is 0. The van der Waals surface area contributed by atoms with Crippen LogP contribution in [-0.2, 0) is 14.4 Å². The molecule has 0 aromatic heterocycles. The van der Waals surface area contributed by atoms with E-state index in [4.69, 9.17) is 11.5 Å². The third-order valence-corrected chi connectivity index (χ3v) is 1.72. The van der Waals surface area contributed by atoms with Gasteiger partial charge in [-0.15, -0.1) is 6.42 Å². The van der Waals surface area contributed by atoms with Crippen LogP contribution in [0, 0.1) is 12.3 Å². The smallest absolute Gasteiger partial charge is 0.306 e. The lowest BCUT2D eigenvalue weighted by molar-refractivity contribution is -0.141. The van der Waals surface area contributed by atoms with E-state index in [1.807, 2.05) is 0 Å². The Morgan fingerprint density at radius 2 is 2.00 bits per heavy atom. The molecule has 0 aromatic rings. The van der Waals surface area contributed by atoms with Crippen LogP contribution in [0.1, 0.15) is 6.42 Å². The molecule has 1 N–H and O–H groups in total. The van der Waals surface area contributed by atoms with Crippen molar-refractivity contribution in [1.29, 1.82) is 0 Å². The van der Waals surface area contributed by atoms with E-state index in [0.717, 1.165) is 17.1 Å². The van der Waals surface area contributed by atoms with Crippen LogP contribution in [0.5, 0.6) is 0 Å². The molecular weight excluding hydrogens is 186 g/mol. The van der Waals surface area contributed by atoms with E-state index in [0.29, 0.717) is 0 Å². The summed E-state index contributed by atoms with van der Waals surface area (Å²) < 4.78 is 0. The van der Waals surface area contributed by atoms with E-state index < -0.39 is 30.2 Å². The van der Waals surface area contributed by atoms with Crippen LogP contribution in [0.15, 0.2) is 12.2 Å². The van der Waals surface area contributed by atoms with Gasteiger partial charge >= 0.3 is 5.97 Å². The summed E-state index contributed by atoms with van der Waals surface area (Å²) in [4.78, 5) is 33.3. The highest BCUT2D eigenvalue weighted by atomic mass is 16.4. The second kappa shape index (κ2) is 3.75. The average Bonchev–Trinajstić information content (AvgIpc) is 2.43. The Kier molecular flexibility index (Phi) is 2.67. The first-order valence-corrected chi connectivity index (χ1v) is 3.79. The van der Waals surface area contributed by atoms with E-state index in [1.165, 1.54) is 0 Å². The normalized spacial score (nSPS) is 16.9. The number of hydrogen-bond acceptors (Lipinski definition) is 3. The van der Waals surface area contributed by atoms with Gasteiger partial charge in [-0.05, 0) is 0 Å². The molecule has 0 spiro atoms. The van der Waals surface area contributed by atoms with Gasteiger partial charge in [-0.3, -0.25) is 19.3 Å². The molecule has 1 aliphatic heterocycles. The van der Waals surface area contributed by atoms with Crippen molar-refractivity contribution in [1.82, 2.24) is 4.90 Å². The van der Waals surface area contributed by atoms with Gasteiger partial charge in [-0.1, -0.05) is 5.92 Å². The van der Waals surface area contributed by atoms with Crippen LogP contribution in [0.25, 0.3) is 0 Å². The van der Waals surface area contributed by atoms with Crippen molar-refractivity contribution < 1.29 is 19.5 Å². The van der Waals surface area contributed by atoms with Gasteiger partial charge in [0.2, 0.25) is 0 Å². The quantitative estimate of drug-likeness (QED) is 0.479. The molecule has 0 radical (unpaired) electrons. The molecule has 1 aliphatic rings. The largest absolute Gasteiger partial charge is 0.481 e. The first-order chi connectivity index (χ1) is 6.56. The number of imide groups is 1. The molecule has 2 amide bonds. The van der Waals surface area contributed by atoms with Gasteiger partial charge < -0.3 is 5.11 Å². The average molecular weight is 193 g/mol. The Morgan fingerprint density at radius 1 is 1.50 bits per heavy atom. The molecule has 5 nitrogen and oxygen atoms in total. The molecule has 0 aliphatic carbocycles. The summed E-state index contributed by atoms with van der Waals surface area (Å²) in [6.45, 7) is 0. The lowest BCUT2D eigenvalue weighted by Gasteiger charge is -2.19. The standard InChI is InChI=1S/C9H7NO4/c1-2-6(5-9(13)14)10-7(11)3-4-8(10)12/h1,3-4,6H,5H2,(H,13,14)/t6-/m0/s1. The molecule has 0 fully saturated rings. The number of carbonyl (C=O) groups is 3. The third kappa shape index (κ3) is 1.80. The maximum Gasteiger partial charge on any atom is 0.306 e. The fourth-order valence-corrected chi connectivity index (χ4v) is 1.11. The number of amides is 2.